The molecule has 1 aliphatic rings. The van der Waals surface area contributed by atoms with Crippen molar-refractivity contribution < 1.29 is 14.3 Å². The molecule has 0 aliphatic carbocycles. The molecule has 1 saturated heterocycles. The summed E-state index contributed by atoms with van der Waals surface area (Å²) in [4.78, 5) is 18.9. The number of benzene rings is 1. The van der Waals surface area contributed by atoms with Crippen LogP contribution in [0.15, 0.2) is 36.7 Å². The van der Waals surface area contributed by atoms with Crippen LogP contribution in [0.2, 0.25) is 5.15 Å². The minimum atomic E-state index is -0.312. The van der Waals surface area contributed by atoms with Gasteiger partial charge in [-0.1, -0.05) is 23.7 Å². The number of nitriles is 1. The van der Waals surface area contributed by atoms with Crippen molar-refractivity contribution in [2.75, 3.05) is 13.7 Å². The Morgan fingerprint density at radius 3 is 2.71 bits per heavy atom. The quantitative estimate of drug-likeness (QED) is 0.582. The lowest BCUT2D eigenvalue weighted by Gasteiger charge is -2.26. The summed E-state index contributed by atoms with van der Waals surface area (Å²) in [6.07, 6.45) is 3.03. The number of nitrogens with zero attached hydrogens (tertiary/aromatic N) is 5. The fourth-order valence-electron chi connectivity index (χ4n) is 3.90. The first-order valence-electron chi connectivity index (χ1n) is 9.95. The Hall–Kier alpha value is -3.31. The van der Waals surface area contributed by atoms with Crippen LogP contribution in [0.1, 0.15) is 37.4 Å². The van der Waals surface area contributed by atoms with Crippen molar-refractivity contribution >= 4 is 23.0 Å². The lowest BCUT2D eigenvalue weighted by Crippen LogP contribution is -2.31. The van der Waals surface area contributed by atoms with Crippen LogP contribution in [0.25, 0.3) is 5.52 Å². The van der Waals surface area contributed by atoms with Gasteiger partial charge in [-0.05, 0) is 31.5 Å². The van der Waals surface area contributed by atoms with Gasteiger partial charge in [0.2, 0.25) is 11.8 Å². The molecule has 1 aromatic carbocycles. The summed E-state index contributed by atoms with van der Waals surface area (Å²) in [6.45, 7) is 4.48. The minimum absolute atomic E-state index is 0.0255. The van der Waals surface area contributed by atoms with Crippen molar-refractivity contribution in [1.82, 2.24) is 19.5 Å². The zero-order valence-corrected chi connectivity index (χ0v) is 18.2. The number of aromatic nitrogens is 3. The average molecular weight is 440 g/mol. The van der Waals surface area contributed by atoms with Gasteiger partial charge >= 0.3 is 0 Å². The third-order valence-electron chi connectivity index (χ3n) is 5.77. The SMILES string of the molecule is COc1ccc(C(C)N2CC(C(C)Oc3nc(Cl)cn4ncc(C#N)c34)CC2=O)cc1. The Bertz CT molecular complexity index is 1150. The fraction of sp³-hybridized carbons (Fsp3) is 0.364. The van der Waals surface area contributed by atoms with Crippen LogP contribution in [-0.2, 0) is 4.79 Å². The summed E-state index contributed by atoms with van der Waals surface area (Å²) >= 11 is 6.09. The van der Waals surface area contributed by atoms with E-state index >= 15 is 0 Å². The van der Waals surface area contributed by atoms with E-state index in [1.165, 1.54) is 16.9 Å². The maximum absolute atomic E-state index is 12.8. The van der Waals surface area contributed by atoms with E-state index in [1.807, 2.05) is 43.0 Å². The van der Waals surface area contributed by atoms with Gasteiger partial charge in [-0.2, -0.15) is 15.3 Å². The molecule has 9 heteroatoms. The molecule has 1 amide bonds. The highest BCUT2D eigenvalue weighted by atomic mass is 35.5. The van der Waals surface area contributed by atoms with Crippen molar-refractivity contribution in [3.63, 3.8) is 0 Å². The van der Waals surface area contributed by atoms with Crippen molar-refractivity contribution in [2.45, 2.75) is 32.4 Å². The first-order valence-corrected chi connectivity index (χ1v) is 10.3. The third-order valence-corrected chi connectivity index (χ3v) is 5.95. The summed E-state index contributed by atoms with van der Waals surface area (Å²) in [7, 11) is 1.63. The number of fused-ring (bicyclic) bond motifs is 1. The lowest BCUT2D eigenvalue weighted by atomic mass is 10.0. The molecule has 3 aromatic rings. The highest BCUT2D eigenvalue weighted by molar-refractivity contribution is 6.29. The first-order chi connectivity index (χ1) is 14.9. The van der Waals surface area contributed by atoms with Crippen molar-refractivity contribution in [1.29, 1.82) is 5.26 Å². The predicted molar refractivity (Wildman–Crippen MR) is 114 cm³/mol. The molecule has 4 rings (SSSR count). The smallest absolute Gasteiger partial charge is 0.243 e. The van der Waals surface area contributed by atoms with Gasteiger partial charge in [-0.15, -0.1) is 0 Å². The number of halogens is 1. The van der Waals surface area contributed by atoms with Crippen LogP contribution in [0.4, 0.5) is 0 Å². The number of hydrogen-bond donors (Lipinski definition) is 0. The lowest BCUT2D eigenvalue weighted by molar-refractivity contribution is -0.129. The van der Waals surface area contributed by atoms with Crippen LogP contribution in [-0.4, -0.2) is 45.2 Å². The number of carbonyl (C=O) groups is 1. The number of methoxy groups -OCH3 is 1. The molecule has 0 saturated carbocycles. The number of amides is 1. The van der Waals surface area contributed by atoms with Crippen molar-refractivity contribution in [3.05, 3.63) is 52.9 Å². The molecule has 0 bridgehead atoms. The number of ether oxygens (including phenoxy) is 2. The van der Waals surface area contributed by atoms with Crippen LogP contribution in [0.5, 0.6) is 11.6 Å². The van der Waals surface area contributed by atoms with Gasteiger partial charge < -0.3 is 14.4 Å². The van der Waals surface area contributed by atoms with Crippen LogP contribution >= 0.6 is 11.6 Å². The Morgan fingerprint density at radius 2 is 2.03 bits per heavy atom. The molecule has 3 atom stereocenters. The van der Waals surface area contributed by atoms with Crippen LogP contribution in [0, 0.1) is 17.2 Å². The standard InChI is InChI=1S/C22H22ClN5O3/c1-13(15-4-6-18(30-3)7-5-15)27-11-16(8-20(27)29)14(2)31-22-21-17(9-24)10-25-28(21)12-19(23)26-22/h4-7,10,12-14,16H,8,11H2,1-3H3. The number of hydrogen-bond acceptors (Lipinski definition) is 6. The molecule has 0 N–H and O–H groups in total. The summed E-state index contributed by atoms with van der Waals surface area (Å²) in [5, 5.41) is 13.7. The third kappa shape index (κ3) is 4.01. The molecule has 1 aliphatic heterocycles. The zero-order valence-electron chi connectivity index (χ0n) is 17.4. The van der Waals surface area contributed by atoms with Crippen LogP contribution < -0.4 is 9.47 Å². The van der Waals surface area contributed by atoms with Gasteiger partial charge in [0.05, 0.1) is 25.5 Å². The molecule has 0 spiro atoms. The molecule has 0 radical (unpaired) electrons. The van der Waals surface area contributed by atoms with E-state index in [4.69, 9.17) is 21.1 Å². The van der Waals surface area contributed by atoms with Crippen molar-refractivity contribution in [2.24, 2.45) is 5.92 Å². The summed E-state index contributed by atoms with van der Waals surface area (Å²) in [5.74, 6) is 1.07. The average Bonchev–Trinajstić information content (AvgIpc) is 3.36. The molecule has 31 heavy (non-hydrogen) atoms. The Labute approximate surface area is 185 Å². The monoisotopic (exact) mass is 439 g/mol. The Kier molecular flexibility index (Phi) is 5.70. The molecule has 2 aromatic heterocycles. The highest BCUT2D eigenvalue weighted by Crippen LogP contribution is 2.33. The molecule has 3 unspecified atom stereocenters. The highest BCUT2D eigenvalue weighted by Gasteiger charge is 2.37. The normalized spacial score (nSPS) is 18.1. The topological polar surface area (TPSA) is 92.8 Å². The van der Waals surface area contributed by atoms with Gasteiger partial charge in [0, 0.05) is 18.9 Å². The largest absolute Gasteiger partial charge is 0.497 e. The van der Waals surface area contributed by atoms with Gasteiger partial charge in [0.1, 0.15) is 29.0 Å². The maximum atomic E-state index is 12.8. The maximum Gasteiger partial charge on any atom is 0.243 e. The molecule has 3 heterocycles. The van der Waals surface area contributed by atoms with E-state index < -0.39 is 0 Å². The van der Waals surface area contributed by atoms with E-state index in [2.05, 4.69) is 16.2 Å². The molecule has 1 fully saturated rings. The second-order valence-electron chi connectivity index (χ2n) is 7.61. The van der Waals surface area contributed by atoms with Gasteiger partial charge in [-0.25, -0.2) is 4.52 Å². The predicted octanol–water partition coefficient (Wildman–Crippen LogP) is 3.64. The number of likely N-dealkylation sites (tertiary alicyclic amines) is 1. The second kappa shape index (κ2) is 8.44. The molecular weight excluding hydrogens is 418 g/mol. The second-order valence-corrected chi connectivity index (χ2v) is 8.00. The van der Waals surface area contributed by atoms with E-state index in [0.717, 1.165) is 11.3 Å². The van der Waals surface area contributed by atoms with Gasteiger partial charge in [-0.3, -0.25) is 4.79 Å². The fourth-order valence-corrected chi connectivity index (χ4v) is 4.07. The van der Waals surface area contributed by atoms with Gasteiger partial charge in [0.15, 0.2) is 5.15 Å². The van der Waals surface area contributed by atoms with E-state index in [0.29, 0.717) is 24.0 Å². The summed E-state index contributed by atoms with van der Waals surface area (Å²) in [5.41, 5.74) is 1.86. The molecule has 160 valence electrons. The minimum Gasteiger partial charge on any atom is -0.497 e. The number of rotatable bonds is 6. The van der Waals surface area contributed by atoms with E-state index in [-0.39, 0.29) is 35.0 Å². The zero-order chi connectivity index (χ0) is 22.1. The van der Waals surface area contributed by atoms with Crippen molar-refractivity contribution in [3.8, 4) is 17.7 Å². The molecule has 8 nitrogen and oxygen atoms in total. The Balaban J connectivity index is 1.51. The van der Waals surface area contributed by atoms with E-state index in [9.17, 15) is 10.1 Å². The summed E-state index contributed by atoms with van der Waals surface area (Å²) in [6, 6.07) is 9.76. The summed E-state index contributed by atoms with van der Waals surface area (Å²) < 4.78 is 12.8. The van der Waals surface area contributed by atoms with E-state index in [1.54, 1.807) is 7.11 Å². The van der Waals surface area contributed by atoms with Gasteiger partial charge in [0.25, 0.3) is 0 Å². The Morgan fingerprint density at radius 1 is 1.29 bits per heavy atom. The molecular formula is C22H22ClN5O3. The van der Waals surface area contributed by atoms with Crippen LogP contribution in [0.3, 0.4) is 0 Å². The first kappa shape index (κ1) is 20.9. The number of carbonyl (C=O) groups excluding carboxylic acids is 1.